The summed E-state index contributed by atoms with van der Waals surface area (Å²) in [7, 11) is 0. The molecule has 2 aliphatic heterocycles. The number of fused-ring (bicyclic) bond motifs is 7. The van der Waals surface area contributed by atoms with Gasteiger partial charge in [-0.3, -0.25) is 0 Å². The summed E-state index contributed by atoms with van der Waals surface area (Å²) in [5.74, 6) is 0. The normalized spacial score (nSPS) is 16.9. The Morgan fingerprint density at radius 1 is 0.596 bits per heavy atom. The summed E-state index contributed by atoms with van der Waals surface area (Å²) in [5, 5.41) is 1.34. The van der Waals surface area contributed by atoms with Gasteiger partial charge in [-0.2, -0.15) is 0 Å². The van der Waals surface area contributed by atoms with Crippen molar-refractivity contribution in [1.29, 1.82) is 0 Å². The average molecular weight is 629 g/mol. The predicted molar refractivity (Wildman–Crippen MR) is 205 cm³/mol. The first-order valence-corrected chi connectivity index (χ1v) is 17.9. The van der Waals surface area contributed by atoms with E-state index in [0.29, 0.717) is 0 Å². The monoisotopic (exact) mass is 628 g/mol. The smallest absolute Gasteiger partial charge is 0.264 e. The highest BCUT2D eigenvalue weighted by Gasteiger charge is 2.46. The molecule has 9 rings (SSSR count). The van der Waals surface area contributed by atoms with Crippen LogP contribution >= 0.6 is 11.3 Å². The largest absolute Gasteiger partial charge is 0.311 e. The van der Waals surface area contributed by atoms with Gasteiger partial charge in [-0.05, 0) is 132 Å². The van der Waals surface area contributed by atoms with Crippen LogP contribution in [0.25, 0.3) is 10.1 Å². The molecule has 0 radical (unpaired) electrons. The minimum absolute atomic E-state index is 0.129. The second kappa shape index (κ2) is 9.87. The average Bonchev–Trinajstić information content (AvgIpc) is 3.42. The molecular weight excluding hydrogens is 587 g/mol. The van der Waals surface area contributed by atoms with E-state index in [1.807, 2.05) is 11.3 Å². The van der Waals surface area contributed by atoms with Crippen LogP contribution in [0.1, 0.15) is 68.4 Å². The highest BCUT2D eigenvalue weighted by atomic mass is 32.1. The van der Waals surface area contributed by atoms with E-state index in [4.69, 9.17) is 0 Å². The summed E-state index contributed by atoms with van der Waals surface area (Å²) in [6.07, 6.45) is 2.42. The molecule has 6 aromatic rings. The third-order valence-corrected chi connectivity index (χ3v) is 12.4. The molecule has 1 aromatic heterocycles. The molecule has 3 heterocycles. The zero-order valence-corrected chi connectivity index (χ0v) is 29.3. The molecular formula is C43H41BN2S. The number of nitrogens with zero attached hydrogens (tertiary/aromatic N) is 2. The van der Waals surface area contributed by atoms with Crippen LogP contribution in [0.4, 0.5) is 34.1 Å². The first kappa shape index (κ1) is 28.9. The zero-order valence-electron chi connectivity index (χ0n) is 28.5. The van der Waals surface area contributed by atoms with Crippen LogP contribution in [0.2, 0.25) is 0 Å². The number of benzene rings is 5. The van der Waals surface area contributed by atoms with E-state index < -0.39 is 0 Å². The van der Waals surface area contributed by atoms with Crippen molar-refractivity contribution in [2.24, 2.45) is 0 Å². The van der Waals surface area contributed by atoms with Gasteiger partial charge in [0, 0.05) is 43.3 Å². The number of aryl methyl sites for hydroxylation is 3. The molecule has 0 fully saturated rings. The summed E-state index contributed by atoms with van der Waals surface area (Å²) in [6, 6.07) is 37.4. The van der Waals surface area contributed by atoms with E-state index >= 15 is 0 Å². The number of thiophene rings is 1. The van der Waals surface area contributed by atoms with E-state index in [1.54, 1.807) is 0 Å². The van der Waals surface area contributed by atoms with Crippen molar-refractivity contribution in [3.63, 3.8) is 0 Å². The second-order valence-electron chi connectivity index (χ2n) is 15.5. The SMILES string of the molecule is Cc1cccc(N2c3cc(C)ccc3B3c4sc5ccccc5c4N(c4ccc5c(c4)C(C)(C)CCC5(C)C)c4cc(C)cc2c43)c1. The Hall–Kier alpha value is -4.28. The van der Waals surface area contributed by atoms with Gasteiger partial charge in [-0.25, -0.2) is 0 Å². The maximum atomic E-state index is 2.63. The maximum absolute atomic E-state index is 2.63. The van der Waals surface area contributed by atoms with Crippen LogP contribution in [0.5, 0.6) is 0 Å². The Kier molecular flexibility index (Phi) is 6.07. The Bertz CT molecular complexity index is 2270. The molecule has 0 unspecified atom stereocenters. The standard InChI is InChI=1S/C43H41BN2S/c1-26-11-10-12-29(21-26)45-35-22-27(2)15-18-34(35)44-39-36(45)23-28(3)24-37(39)46(40-31-13-8-9-14-38(31)47-41(40)44)30-16-17-32-33(25-30)43(6,7)20-19-42(32,4)5/h8-18,21-25H,19-20H2,1-7H3. The number of hydrogen-bond donors (Lipinski definition) is 0. The van der Waals surface area contributed by atoms with Gasteiger partial charge in [0.25, 0.3) is 6.71 Å². The van der Waals surface area contributed by atoms with Gasteiger partial charge >= 0.3 is 0 Å². The van der Waals surface area contributed by atoms with Crippen molar-refractivity contribution in [3.8, 4) is 0 Å². The van der Waals surface area contributed by atoms with Crippen LogP contribution in [0.15, 0.2) is 97.1 Å². The van der Waals surface area contributed by atoms with E-state index in [-0.39, 0.29) is 17.5 Å². The Balaban J connectivity index is 1.39. The molecule has 0 atom stereocenters. The molecule has 2 nitrogen and oxygen atoms in total. The van der Waals surface area contributed by atoms with Crippen molar-refractivity contribution in [2.45, 2.75) is 72.1 Å². The van der Waals surface area contributed by atoms with Gasteiger partial charge in [-0.1, -0.05) is 76.2 Å². The molecule has 0 saturated carbocycles. The van der Waals surface area contributed by atoms with E-state index in [0.717, 1.165) is 0 Å². The number of rotatable bonds is 2. The molecule has 47 heavy (non-hydrogen) atoms. The lowest BCUT2D eigenvalue weighted by Gasteiger charge is -2.45. The van der Waals surface area contributed by atoms with Crippen LogP contribution in [0, 0.1) is 20.8 Å². The molecule has 5 aromatic carbocycles. The summed E-state index contributed by atoms with van der Waals surface area (Å²) < 4.78 is 2.79. The van der Waals surface area contributed by atoms with Gasteiger partial charge in [0.1, 0.15) is 0 Å². The third kappa shape index (κ3) is 4.17. The minimum atomic E-state index is 0.129. The van der Waals surface area contributed by atoms with Crippen LogP contribution in [-0.2, 0) is 10.8 Å². The Morgan fingerprint density at radius 3 is 2.06 bits per heavy atom. The quantitative estimate of drug-likeness (QED) is 0.176. The van der Waals surface area contributed by atoms with Gasteiger partial charge in [-0.15, -0.1) is 11.3 Å². The van der Waals surface area contributed by atoms with E-state index in [1.165, 1.54) is 101 Å². The first-order chi connectivity index (χ1) is 22.5. The van der Waals surface area contributed by atoms with Gasteiger partial charge in [0.2, 0.25) is 0 Å². The summed E-state index contributed by atoms with van der Waals surface area (Å²) in [4.78, 5) is 5.16. The fourth-order valence-electron chi connectivity index (χ4n) is 8.70. The van der Waals surface area contributed by atoms with E-state index in [9.17, 15) is 0 Å². The predicted octanol–water partition coefficient (Wildman–Crippen LogP) is 10.3. The Morgan fingerprint density at radius 2 is 1.28 bits per heavy atom. The fraction of sp³-hybridized carbons (Fsp3) is 0.256. The molecule has 232 valence electrons. The van der Waals surface area contributed by atoms with Crippen molar-refractivity contribution in [2.75, 3.05) is 9.80 Å². The molecule has 1 aliphatic carbocycles. The van der Waals surface area contributed by atoms with Crippen LogP contribution in [-0.4, -0.2) is 6.71 Å². The van der Waals surface area contributed by atoms with Crippen molar-refractivity contribution in [3.05, 3.63) is 125 Å². The summed E-state index contributed by atoms with van der Waals surface area (Å²) in [6.45, 7) is 16.6. The molecule has 4 heteroatoms. The highest BCUT2D eigenvalue weighted by molar-refractivity contribution is 7.33. The maximum Gasteiger partial charge on any atom is 0.264 e. The van der Waals surface area contributed by atoms with Crippen molar-refractivity contribution < 1.29 is 0 Å². The fourth-order valence-corrected chi connectivity index (χ4v) is 10.0. The van der Waals surface area contributed by atoms with Crippen LogP contribution < -0.4 is 25.5 Å². The topological polar surface area (TPSA) is 6.48 Å². The molecule has 0 spiro atoms. The Labute approximate surface area is 283 Å². The molecule has 0 amide bonds. The summed E-state index contributed by atoms with van der Waals surface area (Å²) in [5.41, 5.74) is 17.7. The third-order valence-electron chi connectivity index (χ3n) is 11.2. The lowest BCUT2D eigenvalue weighted by molar-refractivity contribution is 0.332. The first-order valence-electron chi connectivity index (χ1n) is 17.1. The number of anilines is 6. The summed E-state index contributed by atoms with van der Waals surface area (Å²) >= 11 is 1.98. The van der Waals surface area contributed by atoms with Crippen LogP contribution in [0.3, 0.4) is 0 Å². The van der Waals surface area contributed by atoms with Gasteiger partial charge in [0.05, 0.1) is 5.69 Å². The minimum Gasteiger partial charge on any atom is -0.311 e. The lowest BCUT2D eigenvalue weighted by Crippen LogP contribution is -2.60. The molecule has 0 bridgehead atoms. The molecule has 3 aliphatic rings. The molecule has 0 N–H and O–H groups in total. The second-order valence-corrected chi connectivity index (χ2v) is 16.6. The van der Waals surface area contributed by atoms with E-state index in [2.05, 4.69) is 155 Å². The highest BCUT2D eigenvalue weighted by Crippen LogP contribution is 2.51. The lowest BCUT2D eigenvalue weighted by atomic mass is 9.36. The van der Waals surface area contributed by atoms with Gasteiger partial charge in [0.15, 0.2) is 0 Å². The van der Waals surface area contributed by atoms with Crippen molar-refractivity contribution >= 4 is 78.0 Å². The van der Waals surface area contributed by atoms with Crippen molar-refractivity contribution in [1.82, 2.24) is 0 Å². The van der Waals surface area contributed by atoms with Gasteiger partial charge < -0.3 is 9.80 Å². The zero-order chi connectivity index (χ0) is 32.4. The number of hydrogen-bond acceptors (Lipinski definition) is 3. The molecule has 0 saturated heterocycles.